The smallest absolute Gasteiger partial charge is 0.320 e. The topological polar surface area (TPSA) is 62.5 Å². The molecule has 1 unspecified atom stereocenters. The third-order valence-electron chi connectivity index (χ3n) is 2.43. The Morgan fingerprint density at radius 3 is 2.65 bits per heavy atom. The SMILES string of the molecule is CSCc1ccc(CNC(C(=O)O)C(C)C)o1. The molecule has 0 radical (unpaired) electrons. The fourth-order valence-electron chi connectivity index (χ4n) is 1.56. The first-order valence-electron chi connectivity index (χ1n) is 5.57. The summed E-state index contributed by atoms with van der Waals surface area (Å²) in [6.07, 6.45) is 2.01. The number of hydrogen-bond donors (Lipinski definition) is 2. The number of rotatable bonds is 7. The first-order valence-corrected chi connectivity index (χ1v) is 6.96. The Morgan fingerprint density at radius 1 is 1.47 bits per heavy atom. The molecular weight excluding hydrogens is 238 g/mol. The van der Waals surface area contributed by atoms with Crippen LogP contribution in [0.5, 0.6) is 0 Å². The molecule has 1 heterocycles. The normalized spacial score (nSPS) is 12.9. The summed E-state index contributed by atoms with van der Waals surface area (Å²) in [7, 11) is 0. The van der Waals surface area contributed by atoms with Crippen molar-refractivity contribution in [3.05, 3.63) is 23.7 Å². The van der Waals surface area contributed by atoms with Crippen molar-refractivity contribution in [2.75, 3.05) is 6.26 Å². The van der Waals surface area contributed by atoms with E-state index in [1.54, 1.807) is 11.8 Å². The molecule has 2 N–H and O–H groups in total. The number of carboxylic acid groups (broad SMARTS) is 1. The molecule has 4 nitrogen and oxygen atoms in total. The molecule has 0 aliphatic carbocycles. The van der Waals surface area contributed by atoms with Gasteiger partial charge in [-0.15, -0.1) is 0 Å². The Kier molecular flexibility index (Phi) is 5.58. The molecule has 1 aromatic rings. The molecule has 0 saturated heterocycles. The van der Waals surface area contributed by atoms with Crippen molar-refractivity contribution in [2.45, 2.75) is 32.2 Å². The summed E-state index contributed by atoms with van der Waals surface area (Å²) in [5, 5.41) is 12.0. The van der Waals surface area contributed by atoms with E-state index in [1.807, 2.05) is 32.2 Å². The second-order valence-corrected chi connectivity index (χ2v) is 5.11. The molecule has 0 bridgehead atoms. The largest absolute Gasteiger partial charge is 0.480 e. The molecule has 0 aliphatic rings. The molecule has 96 valence electrons. The highest BCUT2D eigenvalue weighted by molar-refractivity contribution is 7.97. The van der Waals surface area contributed by atoms with E-state index in [1.165, 1.54) is 0 Å². The Hall–Kier alpha value is -0.940. The van der Waals surface area contributed by atoms with Gasteiger partial charge in [0.1, 0.15) is 17.6 Å². The van der Waals surface area contributed by atoms with Crippen molar-refractivity contribution < 1.29 is 14.3 Å². The summed E-state index contributed by atoms with van der Waals surface area (Å²) in [4.78, 5) is 11.0. The van der Waals surface area contributed by atoms with Crippen LogP contribution in [0.25, 0.3) is 0 Å². The number of aliphatic carboxylic acids is 1. The second-order valence-electron chi connectivity index (χ2n) is 4.24. The molecular formula is C12H19NO3S. The van der Waals surface area contributed by atoms with Crippen LogP contribution in [0.15, 0.2) is 16.5 Å². The van der Waals surface area contributed by atoms with Gasteiger partial charge in [-0.3, -0.25) is 10.1 Å². The lowest BCUT2D eigenvalue weighted by atomic mass is 10.1. The van der Waals surface area contributed by atoms with E-state index in [0.29, 0.717) is 6.54 Å². The highest BCUT2D eigenvalue weighted by Gasteiger charge is 2.20. The lowest BCUT2D eigenvalue weighted by molar-refractivity contribution is -0.140. The molecule has 0 fully saturated rings. The first kappa shape index (κ1) is 14.1. The van der Waals surface area contributed by atoms with Gasteiger partial charge in [0.15, 0.2) is 0 Å². The molecule has 0 spiro atoms. The van der Waals surface area contributed by atoms with Crippen molar-refractivity contribution in [1.29, 1.82) is 0 Å². The van der Waals surface area contributed by atoms with Crippen LogP contribution in [0.2, 0.25) is 0 Å². The van der Waals surface area contributed by atoms with Gasteiger partial charge in [0.2, 0.25) is 0 Å². The van der Waals surface area contributed by atoms with Gasteiger partial charge in [-0.05, 0) is 24.3 Å². The standard InChI is InChI=1S/C12H19NO3S/c1-8(2)11(12(14)15)13-6-9-4-5-10(16-9)7-17-3/h4-5,8,11,13H,6-7H2,1-3H3,(H,14,15). The lowest BCUT2D eigenvalue weighted by Crippen LogP contribution is -2.40. The predicted molar refractivity (Wildman–Crippen MR) is 69.0 cm³/mol. The maximum absolute atomic E-state index is 11.0. The molecule has 0 aromatic carbocycles. The molecule has 17 heavy (non-hydrogen) atoms. The Morgan fingerprint density at radius 2 is 2.12 bits per heavy atom. The number of carbonyl (C=O) groups is 1. The van der Waals surface area contributed by atoms with Crippen LogP contribution >= 0.6 is 11.8 Å². The van der Waals surface area contributed by atoms with Gasteiger partial charge in [-0.25, -0.2) is 0 Å². The van der Waals surface area contributed by atoms with Crippen molar-refractivity contribution in [2.24, 2.45) is 5.92 Å². The number of furan rings is 1. The number of hydrogen-bond acceptors (Lipinski definition) is 4. The van der Waals surface area contributed by atoms with Gasteiger partial charge in [0.05, 0.1) is 12.3 Å². The van der Waals surface area contributed by atoms with Crippen molar-refractivity contribution >= 4 is 17.7 Å². The Balaban J connectivity index is 2.50. The quantitative estimate of drug-likeness (QED) is 0.785. The minimum Gasteiger partial charge on any atom is -0.480 e. The second kappa shape index (κ2) is 6.71. The third-order valence-corrected chi connectivity index (χ3v) is 3.01. The van der Waals surface area contributed by atoms with Crippen LogP contribution < -0.4 is 5.32 Å². The lowest BCUT2D eigenvalue weighted by Gasteiger charge is -2.16. The van der Waals surface area contributed by atoms with E-state index in [0.717, 1.165) is 17.3 Å². The molecule has 1 atom stereocenters. The summed E-state index contributed by atoms with van der Waals surface area (Å²) < 4.78 is 5.56. The molecule has 1 rings (SSSR count). The van der Waals surface area contributed by atoms with Gasteiger partial charge in [0.25, 0.3) is 0 Å². The molecule has 5 heteroatoms. The summed E-state index contributed by atoms with van der Waals surface area (Å²) in [6, 6.07) is 3.28. The van der Waals surface area contributed by atoms with Gasteiger partial charge in [-0.2, -0.15) is 11.8 Å². The van der Waals surface area contributed by atoms with Gasteiger partial charge < -0.3 is 9.52 Å². The van der Waals surface area contributed by atoms with Crippen LogP contribution in [-0.2, 0) is 17.1 Å². The monoisotopic (exact) mass is 257 g/mol. The van der Waals surface area contributed by atoms with Crippen LogP contribution in [0.4, 0.5) is 0 Å². The zero-order valence-corrected chi connectivity index (χ0v) is 11.2. The fraction of sp³-hybridized carbons (Fsp3) is 0.583. The van der Waals surface area contributed by atoms with Gasteiger partial charge in [-0.1, -0.05) is 13.8 Å². The van der Waals surface area contributed by atoms with E-state index in [9.17, 15) is 4.79 Å². The fourth-order valence-corrected chi connectivity index (χ4v) is 2.00. The number of carboxylic acids is 1. The maximum atomic E-state index is 11.0. The van der Waals surface area contributed by atoms with Crippen LogP contribution in [0.3, 0.4) is 0 Å². The van der Waals surface area contributed by atoms with Crippen LogP contribution in [-0.4, -0.2) is 23.4 Å². The maximum Gasteiger partial charge on any atom is 0.320 e. The van der Waals surface area contributed by atoms with Crippen LogP contribution in [0, 0.1) is 5.92 Å². The summed E-state index contributed by atoms with van der Waals surface area (Å²) in [6.45, 7) is 4.21. The van der Waals surface area contributed by atoms with E-state index in [-0.39, 0.29) is 5.92 Å². The minimum absolute atomic E-state index is 0.0492. The average molecular weight is 257 g/mol. The minimum atomic E-state index is -0.823. The van der Waals surface area contributed by atoms with E-state index < -0.39 is 12.0 Å². The summed E-state index contributed by atoms with van der Waals surface area (Å²) in [5.41, 5.74) is 0. The van der Waals surface area contributed by atoms with Crippen LogP contribution in [0.1, 0.15) is 25.4 Å². The van der Waals surface area contributed by atoms with E-state index in [4.69, 9.17) is 9.52 Å². The highest BCUT2D eigenvalue weighted by atomic mass is 32.2. The van der Waals surface area contributed by atoms with E-state index >= 15 is 0 Å². The Labute approximate surface area is 106 Å². The van der Waals surface area contributed by atoms with Gasteiger partial charge >= 0.3 is 5.97 Å². The first-order chi connectivity index (χ1) is 8.04. The zero-order chi connectivity index (χ0) is 12.8. The van der Waals surface area contributed by atoms with E-state index in [2.05, 4.69) is 5.32 Å². The van der Waals surface area contributed by atoms with Crippen molar-refractivity contribution in [3.8, 4) is 0 Å². The zero-order valence-electron chi connectivity index (χ0n) is 10.4. The van der Waals surface area contributed by atoms with Gasteiger partial charge in [0, 0.05) is 0 Å². The molecule has 0 aliphatic heterocycles. The number of thioether (sulfide) groups is 1. The average Bonchev–Trinajstić information content (AvgIpc) is 2.65. The molecule has 0 saturated carbocycles. The molecule has 1 aromatic heterocycles. The summed E-state index contributed by atoms with van der Waals surface area (Å²) in [5.74, 6) is 1.77. The third kappa shape index (κ3) is 4.44. The predicted octanol–water partition coefficient (Wildman–Crippen LogP) is 2.34. The number of nitrogens with one attached hydrogen (secondary N) is 1. The Bertz CT molecular complexity index is 362. The van der Waals surface area contributed by atoms with Crippen molar-refractivity contribution in [3.63, 3.8) is 0 Å². The highest BCUT2D eigenvalue weighted by Crippen LogP contribution is 2.13. The van der Waals surface area contributed by atoms with Crippen molar-refractivity contribution in [1.82, 2.24) is 5.32 Å². The molecule has 0 amide bonds. The summed E-state index contributed by atoms with van der Waals surface area (Å²) >= 11 is 1.69.